The maximum Gasteiger partial charge on any atom is 0.343 e. The van der Waals surface area contributed by atoms with Crippen LogP contribution in [0.15, 0.2) is 33.5 Å². The van der Waals surface area contributed by atoms with E-state index < -0.39 is 17.5 Å². The van der Waals surface area contributed by atoms with Gasteiger partial charge in [-0.15, -0.1) is 0 Å². The Morgan fingerprint density at radius 3 is 2.79 bits per heavy atom. The van der Waals surface area contributed by atoms with E-state index in [2.05, 4.69) is 6.07 Å². The smallest absolute Gasteiger partial charge is 0.343 e. The molecular formula is C17H12N2O5. The third-order valence-corrected chi connectivity index (χ3v) is 4.11. The first-order valence-corrected chi connectivity index (χ1v) is 7.28. The number of fused-ring (bicyclic) bond motifs is 2. The standard InChI is InChI=1S/C17H12N2O5/c1-8-4-13-15(17(20)23-8)14(10(6-18)16(19)24-13)9-2-3-11-12(5-9)22-7-21-11/h2-5,10,14,19H,7H2,1H3. The van der Waals surface area contributed by atoms with Gasteiger partial charge in [-0.1, -0.05) is 6.07 Å². The molecule has 0 amide bonds. The van der Waals surface area contributed by atoms with Gasteiger partial charge in [-0.05, 0) is 24.6 Å². The number of nitrogens with one attached hydrogen (secondary N) is 1. The van der Waals surface area contributed by atoms with Crippen molar-refractivity contribution in [3.05, 3.63) is 51.6 Å². The lowest BCUT2D eigenvalue weighted by molar-refractivity contribution is 0.174. The summed E-state index contributed by atoms with van der Waals surface area (Å²) < 4.78 is 21.2. The minimum atomic E-state index is -0.927. The number of nitriles is 1. The highest BCUT2D eigenvalue weighted by molar-refractivity contribution is 5.85. The van der Waals surface area contributed by atoms with Crippen molar-refractivity contribution in [1.29, 1.82) is 10.7 Å². The van der Waals surface area contributed by atoms with Crippen molar-refractivity contribution in [2.75, 3.05) is 6.79 Å². The zero-order valence-electron chi connectivity index (χ0n) is 12.7. The average Bonchev–Trinajstić information content (AvgIpc) is 3.00. The van der Waals surface area contributed by atoms with E-state index in [1.165, 1.54) is 0 Å². The Morgan fingerprint density at radius 2 is 2.00 bits per heavy atom. The Hall–Kier alpha value is -3.27. The first-order valence-electron chi connectivity index (χ1n) is 7.28. The minimum Gasteiger partial charge on any atom is -0.454 e. The van der Waals surface area contributed by atoms with Crippen LogP contribution < -0.4 is 19.8 Å². The van der Waals surface area contributed by atoms with Crippen molar-refractivity contribution in [3.63, 3.8) is 0 Å². The second-order valence-corrected chi connectivity index (χ2v) is 5.59. The summed E-state index contributed by atoms with van der Waals surface area (Å²) in [5, 5.41) is 17.5. The predicted molar refractivity (Wildman–Crippen MR) is 81.6 cm³/mol. The van der Waals surface area contributed by atoms with Crippen molar-refractivity contribution < 1.29 is 18.6 Å². The van der Waals surface area contributed by atoms with Crippen molar-refractivity contribution in [1.82, 2.24) is 0 Å². The highest BCUT2D eigenvalue weighted by Gasteiger charge is 2.40. The van der Waals surface area contributed by atoms with E-state index in [1.807, 2.05) is 0 Å². The molecule has 0 fully saturated rings. The predicted octanol–water partition coefficient (Wildman–Crippen LogP) is 2.32. The SMILES string of the molecule is Cc1cc2c(c(=O)o1)C(c1ccc3c(c1)OCO3)C(C#N)C(=N)O2. The van der Waals surface area contributed by atoms with E-state index in [-0.39, 0.29) is 24.0 Å². The first kappa shape index (κ1) is 14.3. The van der Waals surface area contributed by atoms with Crippen molar-refractivity contribution in [2.24, 2.45) is 5.92 Å². The molecule has 2 atom stereocenters. The summed E-state index contributed by atoms with van der Waals surface area (Å²) in [6, 6.07) is 8.80. The Kier molecular flexibility index (Phi) is 3.06. The molecule has 0 saturated heterocycles. The summed E-state index contributed by atoms with van der Waals surface area (Å²) in [5.41, 5.74) is 0.332. The molecule has 2 aliphatic heterocycles. The lowest BCUT2D eigenvalue weighted by Crippen LogP contribution is -2.34. The molecule has 2 unspecified atom stereocenters. The first-order chi connectivity index (χ1) is 11.6. The van der Waals surface area contributed by atoms with Crippen LogP contribution in [-0.2, 0) is 0 Å². The average molecular weight is 324 g/mol. The van der Waals surface area contributed by atoms with Gasteiger partial charge in [0.2, 0.25) is 12.7 Å². The lowest BCUT2D eigenvalue weighted by Gasteiger charge is -2.29. The van der Waals surface area contributed by atoms with Crippen molar-refractivity contribution >= 4 is 5.90 Å². The maximum atomic E-state index is 12.4. The van der Waals surface area contributed by atoms with E-state index in [1.54, 1.807) is 31.2 Å². The molecule has 7 heteroatoms. The number of rotatable bonds is 1. The Balaban J connectivity index is 1.94. The van der Waals surface area contributed by atoms with Gasteiger partial charge >= 0.3 is 5.63 Å². The number of aryl methyl sites for hydroxylation is 1. The Labute approximate surface area is 136 Å². The minimum absolute atomic E-state index is 0.127. The van der Waals surface area contributed by atoms with E-state index >= 15 is 0 Å². The molecule has 7 nitrogen and oxygen atoms in total. The molecule has 1 N–H and O–H groups in total. The fourth-order valence-corrected chi connectivity index (χ4v) is 3.06. The molecule has 0 spiro atoms. The zero-order valence-corrected chi connectivity index (χ0v) is 12.7. The molecular weight excluding hydrogens is 312 g/mol. The fraction of sp³-hybridized carbons (Fsp3) is 0.235. The third-order valence-electron chi connectivity index (χ3n) is 4.11. The van der Waals surface area contributed by atoms with Crippen LogP contribution in [0.5, 0.6) is 17.2 Å². The van der Waals surface area contributed by atoms with Gasteiger partial charge in [0.15, 0.2) is 11.5 Å². The molecule has 1 aromatic carbocycles. The molecule has 3 heterocycles. The quantitative estimate of drug-likeness (QED) is 0.863. The monoisotopic (exact) mass is 324 g/mol. The lowest BCUT2D eigenvalue weighted by atomic mass is 9.79. The maximum absolute atomic E-state index is 12.4. The molecule has 24 heavy (non-hydrogen) atoms. The fourth-order valence-electron chi connectivity index (χ4n) is 3.06. The molecule has 0 bridgehead atoms. The highest BCUT2D eigenvalue weighted by Crippen LogP contribution is 2.43. The zero-order chi connectivity index (χ0) is 16.8. The van der Waals surface area contributed by atoms with Gasteiger partial charge in [0.25, 0.3) is 0 Å². The van der Waals surface area contributed by atoms with Crippen LogP contribution in [0.25, 0.3) is 0 Å². The van der Waals surface area contributed by atoms with Gasteiger partial charge < -0.3 is 18.6 Å². The van der Waals surface area contributed by atoms with Gasteiger partial charge in [0, 0.05) is 12.0 Å². The molecule has 120 valence electrons. The molecule has 1 aromatic heterocycles. The normalized spacial score (nSPS) is 20.9. The largest absolute Gasteiger partial charge is 0.454 e. The van der Waals surface area contributed by atoms with E-state index in [0.29, 0.717) is 22.8 Å². The summed E-state index contributed by atoms with van der Waals surface area (Å²) in [6.07, 6.45) is 0. The summed E-state index contributed by atoms with van der Waals surface area (Å²) in [5.74, 6) is -0.0149. The van der Waals surface area contributed by atoms with Gasteiger partial charge in [0.05, 0.1) is 11.6 Å². The second-order valence-electron chi connectivity index (χ2n) is 5.59. The van der Waals surface area contributed by atoms with Crippen LogP contribution in [0, 0.1) is 29.6 Å². The van der Waals surface area contributed by atoms with Crippen LogP contribution in [0.2, 0.25) is 0 Å². The number of benzene rings is 1. The number of ether oxygens (including phenoxy) is 3. The Bertz CT molecular complexity index is 956. The summed E-state index contributed by atoms with van der Waals surface area (Å²) in [7, 11) is 0. The number of hydrogen-bond donors (Lipinski definition) is 1. The van der Waals surface area contributed by atoms with E-state index in [4.69, 9.17) is 24.0 Å². The topological polar surface area (TPSA) is 106 Å². The number of hydrogen-bond acceptors (Lipinski definition) is 7. The van der Waals surface area contributed by atoms with Crippen LogP contribution in [0.1, 0.15) is 22.8 Å². The highest BCUT2D eigenvalue weighted by atomic mass is 16.7. The van der Waals surface area contributed by atoms with Crippen molar-refractivity contribution in [2.45, 2.75) is 12.8 Å². The Morgan fingerprint density at radius 1 is 1.21 bits per heavy atom. The van der Waals surface area contributed by atoms with Gasteiger partial charge in [-0.3, -0.25) is 5.41 Å². The molecule has 0 aliphatic carbocycles. The van der Waals surface area contributed by atoms with Gasteiger partial charge in [-0.2, -0.15) is 5.26 Å². The van der Waals surface area contributed by atoms with Crippen LogP contribution in [0.4, 0.5) is 0 Å². The molecule has 4 rings (SSSR count). The van der Waals surface area contributed by atoms with Crippen LogP contribution >= 0.6 is 0 Å². The van der Waals surface area contributed by atoms with Crippen molar-refractivity contribution in [3.8, 4) is 23.3 Å². The molecule has 0 saturated carbocycles. The second kappa shape index (κ2) is 5.13. The van der Waals surface area contributed by atoms with E-state index in [9.17, 15) is 10.1 Å². The van der Waals surface area contributed by atoms with Gasteiger partial charge in [-0.25, -0.2) is 4.79 Å². The summed E-state index contributed by atoms with van der Waals surface area (Å²) in [6.45, 7) is 1.75. The molecule has 2 aromatic rings. The number of nitrogens with zero attached hydrogens (tertiary/aromatic N) is 1. The van der Waals surface area contributed by atoms with Gasteiger partial charge in [0.1, 0.15) is 17.4 Å². The van der Waals surface area contributed by atoms with E-state index in [0.717, 1.165) is 0 Å². The van der Waals surface area contributed by atoms with Crippen LogP contribution in [-0.4, -0.2) is 12.7 Å². The molecule has 2 aliphatic rings. The third kappa shape index (κ3) is 2.04. The summed E-state index contributed by atoms with van der Waals surface area (Å²) >= 11 is 0. The molecule has 0 radical (unpaired) electrons. The van der Waals surface area contributed by atoms with Crippen LogP contribution in [0.3, 0.4) is 0 Å². The summed E-state index contributed by atoms with van der Waals surface area (Å²) in [4.78, 5) is 12.4.